The lowest BCUT2D eigenvalue weighted by Crippen LogP contribution is -2.43. The summed E-state index contributed by atoms with van der Waals surface area (Å²) in [6.45, 7) is 1.45. The van der Waals surface area contributed by atoms with Crippen molar-refractivity contribution in [2.45, 2.75) is 19.0 Å². The summed E-state index contributed by atoms with van der Waals surface area (Å²) in [5, 5.41) is 7.22. The van der Waals surface area contributed by atoms with E-state index in [1.165, 1.54) is 6.26 Å². The molecule has 8 heteroatoms. The van der Waals surface area contributed by atoms with Gasteiger partial charge in [0.05, 0.1) is 19.9 Å². The van der Waals surface area contributed by atoms with Gasteiger partial charge in [-0.15, -0.1) is 0 Å². The number of ether oxygens (including phenoxy) is 1. The minimum Gasteiger partial charge on any atom is -0.497 e. The molecule has 0 unspecified atom stereocenters. The second-order valence-electron chi connectivity index (χ2n) is 7.23. The average Bonchev–Trinajstić information content (AvgIpc) is 3.34. The van der Waals surface area contributed by atoms with Gasteiger partial charge in [0.25, 0.3) is 5.91 Å². The fourth-order valence-corrected chi connectivity index (χ4v) is 3.50. The summed E-state index contributed by atoms with van der Waals surface area (Å²) < 4.78 is 10.4. The topological polar surface area (TPSA) is 101 Å². The van der Waals surface area contributed by atoms with Crippen molar-refractivity contribution in [3.05, 3.63) is 66.1 Å². The van der Waals surface area contributed by atoms with Gasteiger partial charge in [-0.1, -0.05) is 18.2 Å². The third kappa shape index (κ3) is 3.47. The number of nitrogens with one attached hydrogen (secondary N) is 2. The lowest BCUT2D eigenvalue weighted by atomic mass is 9.90. The van der Waals surface area contributed by atoms with E-state index in [1.54, 1.807) is 32.2 Å². The fraction of sp³-hybridized carbons (Fsp3) is 0.227. The molecule has 1 atom stereocenters. The largest absolute Gasteiger partial charge is 0.497 e. The van der Waals surface area contributed by atoms with Crippen molar-refractivity contribution in [1.82, 2.24) is 15.5 Å². The van der Waals surface area contributed by atoms with Crippen LogP contribution in [0.25, 0.3) is 10.8 Å². The number of imide groups is 1. The van der Waals surface area contributed by atoms with Crippen LogP contribution in [0.3, 0.4) is 0 Å². The van der Waals surface area contributed by atoms with E-state index in [1.807, 2.05) is 30.3 Å². The highest BCUT2D eigenvalue weighted by Gasteiger charge is 2.49. The maximum absolute atomic E-state index is 13.1. The molecule has 0 aliphatic carbocycles. The van der Waals surface area contributed by atoms with Crippen molar-refractivity contribution < 1.29 is 23.5 Å². The van der Waals surface area contributed by atoms with E-state index >= 15 is 0 Å². The predicted molar refractivity (Wildman–Crippen MR) is 109 cm³/mol. The summed E-state index contributed by atoms with van der Waals surface area (Å²) in [7, 11) is 1.60. The predicted octanol–water partition coefficient (Wildman–Crippen LogP) is 2.52. The number of carbonyl (C=O) groups excluding carboxylic acids is 3. The molecule has 0 saturated carbocycles. The summed E-state index contributed by atoms with van der Waals surface area (Å²) in [5.74, 6) is 0.384. The van der Waals surface area contributed by atoms with Crippen LogP contribution in [-0.2, 0) is 21.7 Å². The van der Waals surface area contributed by atoms with Gasteiger partial charge in [-0.25, -0.2) is 4.79 Å². The van der Waals surface area contributed by atoms with Gasteiger partial charge in [0.1, 0.15) is 23.6 Å². The second kappa shape index (κ2) is 7.55. The van der Waals surface area contributed by atoms with Gasteiger partial charge in [-0.05, 0) is 53.6 Å². The van der Waals surface area contributed by atoms with Crippen molar-refractivity contribution in [2.24, 2.45) is 0 Å². The number of rotatable bonds is 6. The molecule has 3 aromatic rings. The Labute approximate surface area is 172 Å². The molecule has 0 spiro atoms. The molecule has 1 saturated heterocycles. The van der Waals surface area contributed by atoms with Gasteiger partial charge in [0.15, 0.2) is 0 Å². The molecule has 0 radical (unpaired) electrons. The van der Waals surface area contributed by atoms with Crippen molar-refractivity contribution >= 4 is 28.6 Å². The van der Waals surface area contributed by atoms with Crippen molar-refractivity contribution in [3.8, 4) is 5.75 Å². The molecule has 2 aromatic carbocycles. The summed E-state index contributed by atoms with van der Waals surface area (Å²) in [6.07, 6.45) is 1.50. The van der Waals surface area contributed by atoms with Crippen LogP contribution in [0.1, 0.15) is 18.2 Å². The quantitative estimate of drug-likeness (QED) is 0.612. The minimum absolute atomic E-state index is 0.181. The second-order valence-corrected chi connectivity index (χ2v) is 7.23. The van der Waals surface area contributed by atoms with Crippen LogP contribution in [-0.4, -0.2) is 36.4 Å². The van der Waals surface area contributed by atoms with Crippen LogP contribution in [0.2, 0.25) is 0 Å². The Bertz CT molecular complexity index is 1130. The number of carbonyl (C=O) groups is 3. The molecule has 1 aliphatic rings. The number of benzene rings is 2. The molecule has 1 aliphatic heterocycles. The van der Waals surface area contributed by atoms with Crippen LogP contribution in [0.5, 0.6) is 5.75 Å². The van der Waals surface area contributed by atoms with E-state index in [9.17, 15) is 14.4 Å². The van der Waals surface area contributed by atoms with Crippen molar-refractivity contribution in [1.29, 1.82) is 0 Å². The number of hydrogen-bond acceptors (Lipinski definition) is 5. The number of amides is 4. The highest BCUT2D eigenvalue weighted by molar-refractivity contribution is 6.09. The molecule has 8 nitrogen and oxygen atoms in total. The van der Waals surface area contributed by atoms with Gasteiger partial charge >= 0.3 is 6.03 Å². The molecule has 2 heterocycles. The molecule has 30 heavy (non-hydrogen) atoms. The molecule has 154 valence electrons. The van der Waals surface area contributed by atoms with Crippen molar-refractivity contribution in [3.63, 3.8) is 0 Å². The number of fused-ring (bicyclic) bond motifs is 1. The van der Waals surface area contributed by atoms with E-state index in [2.05, 4.69) is 10.6 Å². The minimum atomic E-state index is -1.26. The van der Waals surface area contributed by atoms with Crippen LogP contribution in [0.15, 0.2) is 59.2 Å². The summed E-state index contributed by atoms with van der Waals surface area (Å²) >= 11 is 0. The summed E-state index contributed by atoms with van der Waals surface area (Å²) in [6, 6.07) is 14.0. The standard InChI is InChI=1S/C22H21N3O5/c1-22(16-7-5-15-11-17(29-2)8-6-14(15)10-16)20(27)25(21(28)24-22)13-19(26)23-12-18-4-3-9-30-18/h3-11H,12-13H2,1-2H3,(H,23,26)(H,24,28)/t22-/m1/s1. The average molecular weight is 407 g/mol. The SMILES string of the molecule is COc1ccc2cc([C@@]3(C)NC(=O)N(CC(=O)NCc4ccco4)C3=O)ccc2c1. The van der Waals surface area contributed by atoms with Crippen LogP contribution in [0, 0.1) is 0 Å². The van der Waals surface area contributed by atoms with E-state index in [0.29, 0.717) is 11.3 Å². The van der Waals surface area contributed by atoms with Crippen LogP contribution >= 0.6 is 0 Å². The Kier molecular flexibility index (Phi) is 4.91. The molecule has 2 N–H and O–H groups in total. The number of furan rings is 1. The normalized spacial score (nSPS) is 18.5. The molecular formula is C22H21N3O5. The van der Waals surface area contributed by atoms with Gasteiger partial charge in [0, 0.05) is 0 Å². The van der Waals surface area contributed by atoms with E-state index in [-0.39, 0.29) is 13.1 Å². The Hall–Kier alpha value is -3.81. The highest BCUT2D eigenvalue weighted by atomic mass is 16.5. The van der Waals surface area contributed by atoms with Crippen LogP contribution < -0.4 is 15.4 Å². The van der Waals surface area contributed by atoms with Crippen molar-refractivity contribution in [2.75, 3.05) is 13.7 Å². The fourth-order valence-electron chi connectivity index (χ4n) is 3.50. The molecule has 0 bridgehead atoms. The lowest BCUT2D eigenvalue weighted by Gasteiger charge is -2.22. The Morgan fingerprint density at radius 1 is 1.17 bits per heavy atom. The highest BCUT2D eigenvalue weighted by Crippen LogP contribution is 2.31. The first-order valence-corrected chi connectivity index (χ1v) is 9.42. The first-order chi connectivity index (χ1) is 14.4. The molecule has 4 amide bonds. The number of nitrogens with zero attached hydrogens (tertiary/aromatic N) is 1. The monoisotopic (exact) mass is 407 g/mol. The third-order valence-corrected chi connectivity index (χ3v) is 5.24. The smallest absolute Gasteiger partial charge is 0.325 e. The number of urea groups is 1. The Morgan fingerprint density at radius 2 is 1.93 bits per heavy atom. The van der Waals surface area contributed by atoms with E-state index < -0.39 is 23.4 Å². The lowest BCUT2D eigenvalue weighted by molar-refractivity contribution is -0.134. The van der Waals surface area contributed by atoms with Gasteiger partial charge in [-0.3, -0.25) is 14.5 Å². The zero-order valence-corrected chi connectivity index (χ0v) is 16.6. The van der Waals surface area contributed by atoms with Crippen LogP contribution in [0.4, 0.5) is 4.79 Å². The van der Waals surface area contributed by atoms with Gasteiger partial charge in [0.2, 0.25) is 5.91 Å². The molecule has 4 rings (SSSR count). The zero-order valence-electron chi connectivity index (χ0n) is 16.6. The molecule has 1 aromatic heterocycles. The zero-order chi connectivity index (χ0) is 21.3. The maximum Gasteiger partial charge on any atom is 0.325 e. The molecule has 1 fully saturated rings. The first kappa shape index (κ1) is 19.5. The summed E-state index contributed by atoms with van der Waals surface area (Å²) in [4.78, 5) is 38.7. The maximum atomic E-state index is 13.1. The third-order valence-electron chi connectivity index (χ3n) is 5.24. The number of methoxy groups -OCH3 is 1. The van der Waals surface area contributed by atoms with E-state index in [0.717, 1.165) is 21.4 Å². The number of hydrogen-bond donors (Lipinski definition) is 2. The first-order valence-electron chi connectivity index (χ1n) is 9.42. The molecular weight excluding hydrogens is 386 g/mol. The van der Waals surface area contributed by atoms with E-state index in [4.69, 9.17) is 9.15 Å². The Morgan fingerprint density at radius 3 is 2.67 bits per heavy atom. The Balaban J connectivity index is 1.51. The summed E-state index contributed by atoms with van der Waals surface area (Å²) in [5.41, 5.74) is -0.621. The van der Waals surface area contributed by atoms with Gasteiger partial charge < -0.3 is 19.8 Å². The van der Waals surface area contributed by atoms with Gasteiger partial charge in [-0.2, -0.15) is 0 Å².